The van der Waals surface area contributed by atoms with Crippen molar-refractivity contribution in [2.75, 3.05) is 12.4 Å². The highest BCUT2D eigenvalue weighted by atomic mass is 32.1. The van der Waals surface area contributed by atoms with E-state index in [1.807, 2.05) is 0 Å². The number of carbonyl (C=O) groups excluding carboxylic acids is 1. The molecule has 0 aliphatic carbocycles. The molecule has 0 N–H and O–H groups in total. The van der Waals surface area contributed by atoms with Crippen molar-refractivity contribution in [1.29, 1.82) is 0 Å². The Bertz CT molecular complexity index is 103. The molecule has 0 aromatic carbocycles. The second kappa shape index (κ2) is 2.40. The SMILES string of the molecule is O=C1CC(CS)CO1. The molecule has 1 saturated heterocycles. The Hall–Kier alpha value is -0.180. The van der Waals surface area contributed by atoms with Crippen LogP contribution in [0.3, 0.4) is 0 Å². The van der Waals surface area contributed by atoms with Gasteiger partial charge in [0.1, 0.15) is 0 Å². The fourth-order valence-electron chi connectivity index (χ4n) is 0.682. The summed E-state index contributed by atoms with van der Waals surface area (Å²) in [5.74, 6) is 1.04. The molecule has 1 aliphatic rings. The van der Waals surface area contributed by atoms with E-state index in [4.69, 9.17) is 0 Å². The fraction of sp³-hybridized carbons (Fsp3) is 0.800. The lowest BCUT2D eigenvalue weighted by atomic mass is 10.2. The van der Waals surface area contributed by atoms with Gasteiger partial charge in [-0.3, -0.25) is 4.79 Å². The summed E-state index contributed by atoms with van der Waals surface area (Å²) in [5, 5.41) is 0. The van der Waals surface area contributed by atoms with Gasteiger partial charge in [-0.15, -0.1) is 0 Å². The van der Waals surface area contributed by atoms with E-state index in [0.29, 0.717) is 18.9 Å². The van der Waals surface area contributed by atoms with Crippen LogP contribution in [0, 0.1) is 5.92 Å². The van der Waals surface area contributed by atoms with Crippen LogP contribution in [0.4, 0.5) is 0 Å². The molecule has 0 bridgehead atoms. The van der Waals surface area contributed by atoms with E-state index in [1.165, 1.54) is 0 Å². The number of ether oxygens (including phenoxy) is 1. The van der Waals surface area contributed by atoms with Gasteiger partial charge in [-0.1, -0.05) is 0 Å². The van der Waals surface area contributed by atoms with Crippen LogP contribution in [0.15, 0.2) is 0 Å². The van der Waals surface area contributed by atoms with Gasteiger partial charge < -0.3 is 4.74 Å². The zero-order chi connectivity index (χ0) is 5.98. The molecule has 1 rings (SSSR count). The monoisotopic (exact) mass is 132 g/mol. The summed E-state index contributed by atoms with van der Waals surface area (Å²) < 4.78 is 4.67. The molecular weight excluding hydrogens is 124 g/mol. The third-order valence-electron chi connectivity index (χ3n) is 1.19. The molecule has 1 fully saturated rings. The first-order valence-corrected chi connectivity index (χ1v) is 3.22. The highest BCUT2D eigenvalue weighted by Gasteiger charge is 2.21. The van der Waals surface area contributed by atoms with E-state index in [1.54, 1.807) is 0 Å². The number of hydrogen-bond donors (Lipinski definition) is 1. The summed E-state index contributed by atoms with van der Waals surface area (Å²) in [6.07, 6.45) is 0.559. The molecule has 1 atom stereocenters. The molecule has 1 unspecified atom stereocenters. The van der Waals surface area contributed by atoms with E-state index in [-0.39, 0.29) is 5.97 Å². The van der Waals surface area contributed by atoms with E-state index in [9.17, 15) is 4.79 Å². The van der Waals surface area contributed by atoms with Gasteiger partial charge in [0.25, 0.3) is 0 Å². The smallest absolute Gasteiger partial charge is 0.306 e. The Morgan fingerprint density at radius 3 is 2.88 bits per heavy atom. The molecule has 0 radical (unpaired) electrons. The quantitative estimate of drug-likeness (QED) is 0.415. The van der Waals surface area contributed by atoms with Crippen molar-refractivity contribution >= 4 is 18.6 Å². The molecule has 2 nitrogen and oxygen atoms in total. The summed E-state index contributed by atoms with van der Waals surface area (Å²) in [6, 6.07) is 0. The summed E-state index contributed by atoms with van der Waals surface area (Å²) in [6.45, 7) is 0.572. The van der Waals surface area contributed by atoms with E-state index < -0.39 is 0 Å². The lowest BCUT2D eigenvalue weighted by Gasteiger charge is -1.95. The minimum Gasteiger partial charge on any atom is -0.465 e. The first-order valence-electron chi connectivity index (χ1n) is 2.59. The third-order valence-corrected chi connectivity index (χ3v) is 1.71. The Balaban J connectivity index is 2.32. The molecular formula is C5H8O2S. The highest BCUT2D eigenvalue weighted by Crippen LogP contribution is 2.14. The van der Waals surface area contributed by atoms with E-state index >= 15 is 0 Å². The molecule has 0 amide bonds. The van der Waals surface area contributed by atoms with Crippen LogP contribution in [-0.2, 0) is 9.53 Å². The second-order valence-electron chi connectivity index (χ2n) is 1.94. The van der Waals surface area contributed by atoms with Gasteiger partial charge in [0, 0.05) is 5.92 Å². The number of hydrogen-bond acceptors (Lipinski definition) is 3. The molecule has 0 aromatic heterocycles. The number of cyclic esters (lactones) is 1. The summed E-state index contributed by atoms with van der Waals surface area (Å²) >= 11 is 4.02. The van der Waals surface area contributed by atoms with E-state index in [2.05, 4.69) is 17.4 Å². The zero-order valence-corrected chi connectivity index (χ0v) is 5.36. The third kappa shape index (κ3) is 1.15. The molecule has 0 saturated carbocycles. The maximum absolute atomic E-state index is 10.4. The number of thiol groups is 1. The number of carbonyl (C=O) groups is 1. The van der Waals surface area contributed by atoms with Crippen LogP contribution in [0.1, 0.15) is 6.42 Å². The normalized spacial score (nSPS) is 28.1. The van der Waals surface area contributed by atoms with Crippen LogP contribution in [0.5, 0.6) is 0 Å². The van der Waals surface area contributed by atoms with Gasteiger partial charge in [-0.05, 0) is 5.75 Å². The first kappa shape index (κ1) is 5.95. The van der Waals surface area contributed by atoms with Gasteiger partial charge in [0.15, 0.2) is 0 Å². The van der Waals surface area contributed by atoms with Crippen molar-refractivity contribution in [1.82, 2.24) is 0 Å². The molecule has 46 valence electrons. The number of rotatable bonds is 1. The van der Waals surface area contributed by atoms with Gasteiger partial charge in [0.2, 0.25) is 0 Å². The summed E-state index contributed by atoms with van der Waals surface area (Å²) in [4.78, 5) is 10.4. The van der Waals surface area contributed by atoms with Crippen LogP contribution >= 0.6 is 12.6 Å². The molecule has 1 aliphatic heterocycles. The minimum absolute atomic E-state index is 0.0796. The lowest BCUT2D eigenvalue weighted by molar-refractivity contribution is -0.137. The lowest BCUT2D eigenvalue weighted by Crippen LogP contribution is -1.99. The molecule has 1 heterocycles. The van der Waals surface area contributed by atoms with Crippen LogP contribution in [-0.4, -0.2) is 18.3 Å². The average Bonchev–Trinajstić information content (AvgIpc) is 2.14. The predicted molar refractivity (Wildman–Crippen MR) is 32.9 cm³/mol. The van der Waals surface area contributed by atoms with Gasteiger partial charge in [0.05, 0.1) is 13.0 Å². The van der Waals surface area contributed by atoms with Gasteiger partial charge in [-0.2, -0.15) is 12.6 Å². The summed E-state index contributed by atoms with van der Waals surface area (Å²) in [7, 11) is 0. The van der Waals surface area contributed by atoms with Crippen molar-refractivity contribution < 1.29 is 9.53 Å². The van der Waals surface area contributed by atoms with Crippen molar-refractivity contribution in [2.45, 2.75) is 6.42 Å². The molecule has 0 aromatic rings. The topological polar surface area (TPSA) is 26.3 Å². The number of esters is 1. The van der Waals surface area contributed by atoms with Crippen LogP contribution in [0.2, 0.25) is 0 Å². The van der Waals surface area contributed by atoms with Gasteiger partial charge in [-0.25, -0.2) is 0 Å². The summed E-state index contributed by atoms with van der Waals surface area (Å²) in [5.41, 5.74) is 0. The Kier molecular flexibility index (Phi) is 1.78. The second-order valence-corrected chi connectivity index (χ2v) is 2.30. The van der Waals surface area contributed by atoms with Crippen molar-refractivity contribution in [3.05, 3.63) is 0 Å². The Morgan fingerprint density at radius 1 is 1.88 bits per heavy atom. The van der Waals surface area contributed by atoms with Crippen LogP contribution < -0.4 is 0 Å². The van der Waals surface area contributed by atoms with Crippen molar-refractivity contribution in [3.63, 3.8) is 0 Å². The van der Waals surface area contributed by atoms with Crippen molar-refractivity contribution in [2.24, 2.45) is 5.92 Å². The van der Waals surface area contributed by atoms with Gasteiger partial charge >= 0.3 is 5.97 Å². The minimum atomic E-state index is -0.0796. The predicted octanol–water partition coefficient (Wildman–Crippen LogP) is 0.479. The first-order chi connectivity index (χ1) is 3.83. The molecule has 3 heteroatoms. The fourth-order valence-corrected chi connectivity index (χ4v) is 0.916. The molecule has 0 spiro atoms. The largest absolute Gasteiger partial charge is 0.465 e. The average molecular weight is 132 g/mol. The molecule has 8 heavy (non-hydrogen) atoms. The Morgan fingerprint density at radius 2 is 2.62 bits per heavy atom. The Labute approximate surface area is 53.6 Å². The highest BCUT2D eigenvalue weighted by molar-refractivity contribution is 7.80. The van der Waals surface area contributed by atoms with E-state index in [0.717, 1.165) is 5.75 Å². The van der Waals surface area contributed by atoms with Crippen molar-refractivity contribution in [3.8, 4) is 0 Å². The zero-order valence-electron chi connectivity index (χ0n) is 4.46. The van der Waals surface area contributed by atoms with Crippen LogP contribution in [0.25, 0.3) is 0 Å². The standard InChI is InChI=1S/C5H8O2S/c6-5-1-4(3-8)2-7-5/h4,8H,1-3H2. The maximum atomic E-state index is 10.4. The maximum Gasteiger partial charge on any atom is 0.306 e.